The zero-order chi connectivity index (χ0) is 18.2. The van der Waals surface area contributed by atoms with E-state index in [1.165, 1.54) is 12.1 Å². The smallest absolute Gasteiger partial charge is 0.329 e. The van der Waals surface area contributed by atoms with Crippen molar-refractivity contribution in [1.29, 1.82) is 0 Å². The van der Waals surface area contributed by atoms with Crippen LogP contribution < -0.4 is 16.0 Å². The average Bonchev–Trinajstić information content (AvgIpc) is 3.14. The first-order valence-corrected chi connectivity index (χ1v) is 8.07. The van der Waals surface area contributed by atoms with Crippen LogP contribution in [0.2, 0.25) is 0 Å². The summed E-state index contributed by atoms with van der Waals surface area (Å²) in [4.78, 5) is 47.2. The van der Waals surface area contributed by atoms with Crippen LogP contribution in [-0.2, 0) is 15.1 Å². The molecule has 0 unspecified atom stereocenters. The van der Waals surface area contributed by atoms with Crippen LogP contribution in [-0.4, -0.2) is 34.5 Å². The Kier molecular flexibility index (Phi) is 3.98. The Morgan fingerprint density at radius 3 is 2.20 bits per heavy atom. The van der Waals surface area contributed by atoms with Crippen molar-refractivity contribution in [2.75, 3.05) is 0 Å². The molecule has 1 aromatic rings. The van der Waals surface area contributed by atoms with Crippen LogP contribution in [0, 0.1) is 0 Å². The second-order valence-corrected chi connectivity index (χ2v) is 6.66. The number of imide groups is 1. The molecule has 3 rings (SSSR count). The second kappa shape index (κ2) is 5.87. The molecule has 1 aliphatic heterocycles. The quantitative estimate of drug-likeness (QED) is 0.603. The number of carbonyl (C=O) groups excluding carboxylic acids is 3. The molecule has 8 heteroatoms. The average molecular weight is 345 g/mol. The summed E-state index contributed by atoms with van der Waals surface area (Å²) in [6.45, 7) is 1.57. The van der Waals surface area contributed by atoms with Crippen LogP contribution in [0.4, 0.5) is 4.79 Å². The minimum absolute atomic E-state index is 0.296. The van der Waals surface area contributed by atoms with Gasteiger partial charge in [-0.1, -0.05) is 25.0 Å². The summed E-state index contributed by atoms with van der Waals surface area (Å²) in [6, 6.07) is 5.60. The number of amides is 4. The fraction of sp³-hybridized carbons (Fsp3) is 0.412. The molecule has 4 N–H and O–H groups in total. The molecular weight excluding hydrogens is 326 g/mol. The summed E-state index contributed by atoms with van der Waals surface area (Å²) in [5, 5.41) is 16.8. The van der Waals surface area contributed by atoms with Crippen molar-refractivity contribution in [3.05, 3.63) is 35.4 Å². The molecule has 1 saturated heterocycles. The second-order valence-electron chi connectivity index (χ2n) is 6.66. The highest BCUT2D eigenvalue weighted by Crippen LogP contribution is 2.30. The van der Waals surface area contributed by atoms with Crippen LogP contribution in [0.15, 0.2) is 24.3 Å². The molecule has 1 aliphatic carbocycles. The summed E-state index contributed by atoms with van der Waals surface area (Å²) in [7, 11) is 0. The van der Waals surface area contributed by atoms with E-state index in [4.69, 9.17) is 0 Å². The molecule has 132 valence electrons. The standard InChI is InChI=1S/C17H19N3O5/c1-16(13(22)18-15(25)20-16)11-6-4-10(5-7-11)12(21)19-17(14(23)24)8-2-3-9-17/h4-7H,2-3,8-9H2,1H3,(H,19,21)(H,23,24)(H2,18,20,22,25)/t16-/m1/s1. The lowest BCUT2D eigenvalue weighted by molar-refractivity contribution is -0.144. The molecule has 0 bridgehead atoms. The highest BCUT2D eigenvalue weighted by Gasteiger charge is 2.44. The number of carbonyl (C=O) groups is 4. The topological polar surface area (TPSA) is 125 Å². The third kappa shape index (κ3) is 2.84. The third-order valence-corrected chi connectivity index (χ3v) is 4.99. The van der Waals surface area contributed by atoms with Crippen LogP contribution in [0.5, 0.6) is 0 Å². The summed E-state index contributed by atoms with van der Waals surface area (Å²) in [5.41, 5.74) is -1.58. The van der Waals surface area contributed by atoms with Gasteiger partial charge < -0.3 is 15.7 Å². The van der Waals surface area contributed by atoms with Crippen molar-refractivity contribution in [2.24, 2.45) is 0 Å². The first kappa shape index (κ1) is 16.9. The zero-order valence-corrected chi connectivity index (χ0v) is 13.7. The lowest BCUT2D eigenvalue weighted by Crippen LogP contribution is -2.52. The van der Waals surface area contributed by atoms with Gasteiger partial charge in [0, 0.05) is 5.56 Å². The highest BCUT2D eigenvalue weighted by atomic mass is 16.4. The molecule has 1 heterocycles. The number of carboxylic acids is 1. The van der Waals surface area contributed by atoms with Gasteiger partial charge in [-0.05, 0) is 37.5 Å². The van der Waals surface area contributed by atoms with Gasteiger partial charge in [0.2, 0.25) is 0 Å². The SMILES string of the molecule is C[C@]1(c2ccc(C(=O)NC3(C(=O)O)CCCC3)cc2)NC(=O)NC1=O. The largest absolute Gasteiger partial charge is 0.480 e. The Bertz CT molecular complexity index is 752. The Morgan fingerprint density at radius 2 is 1.72 bits per heavy atom. The van der Waals surface area contributed by atoms with E-state index in [9.17, 15) is 24.3 Å². The zero-order valence-electron chi connectivity index (χ0n) is 13.7. The minimum atomic E-state index is -1.21. The van der Waals surface area contributed by atoms with Crippen molar-refractivity contribution in [3.8, 4) is 0 Å². The Hall–Kier alpha value is -2.90. The van der Waals surface area contributed by atoms with E-state index >= 15 is 0 Å². The molecule has 0 spiro atoms. The van der Waals surface area contributed by atoms with Gasteiger partial charge in [-0.3, -0.25) is 14.9 Å². The predicted molar refractivity (Wildman–Crippen MR) is 86.8 cm³/mol. The van der Waals surface area contributed by atoms with Crippen molar-refractivity contribution in [1.82, 2.24) is 16.0 Å². The lowest BCUT2D eigenvalue weighted by atomic mass is 9.91. The van der Waals surface area contributed by atoms with Crippen molar-refractivity contribution in [2.45, 2.75) is 43.7 Å². The fourth-order valence-electron chi connectivity index (χ4n) is 3.36. The number of nitrogens with one attached hydrogen (secondary N) is 3. The maximum atomic E-state index is 12.4. The summed E-state index contributed by atoms with van der Waals surface area (Å²) >= 11 is 0. The van der Waals surface area contributed by atoms with Gasteiger partial charge in [0.25, 0.3) is 11.8 Å². The van der Waals surface area contributed by atoms with Gasteiger partial charge in [-0.15, -0.1) is 0 Å². The third-order valence-electron chi connectivity index (χ3n) is 4.99. The molecule has 0 aromatic heterocycles. The monoisotopic (exact) mass is 345 g/mol. The Morgan fingerprint density at radius 1 is 1.12 bits per heavy atom. The molecule has 1 atom stereocenters. The maximum absolute atomic E-state index is 12.4. The first-order chi connectivity index (χ1) is 11.8. The molecular formula is C17H19N3O5. The lowest BCUT2D eigenvalue weighted by Gasteiger charge is -2.25. The van der Waals surface area contributed by atoms with E-state index in [0.29, 0.717) is 24.0 Å². The van der Waals surface area contributed by atoms with Gasteiger partial charge in [-0.2, -0.15) is 0 Å². The number of urea groups is 1. The number of hydrogen-bond acceptors (Lipinski definition) is 4. The number of benzene rings is 1. The molecule has 1 aromatic carbocycles. The first-order valence-electron chi connectivity index (χ1n) is 8.07. The highest BCUT2D eigenvalue weighted by molar-refractivity contribution is 6.07. The van der Waals surface area contributed by atoms with E-state index in [1.807, 2.05) is 0 Å². The number of hydrogen-bond donors (Lipinski definition) is 4. The van der Waals surface area contributed by atoms with Gasteiger partial charge in [0.1, 0.15) is 11.1 Å². The van der Waals surface area contributed by atoms with E-state index in [-0.39, 0.29) is 0 Å². The van der Waals surface area contributed by atoms with Gasteiger partial charge in [0.15, 0.2) is 0 Å². The number of rotatable bonds is 4. The number of carboxylic acid groups (broad SMARTS) is 1. The fourth-order valence-corrected chi connectivity index (χ4v) is 3.36. The van der Waals surface area contributed by atoms with Crippen LogP contribution in [0.1, 0.15) is 48.5 Å². The minimum Gasteiger partial charge on any atom is -0.480 e. The van der Waals surface area contributed by atoms with Crippen molar-refractivity contribution < 1.29 is 24.3 Å². The molecule has 2 fully saturated rings. The van der Waals surface area contributed by atoms with Crippen LogP contribution in [0.3, 0.4) is 0 Å². The Balaban J connectivity index is 1.78. The van der Waals surface area contributed by atoms with Gasteiger partial charge in [-0.25, -0.2) is 9.59 Å². The molecule has 4 amide bonds. The van der Waals surface area contributed by atoms with Crippen LogP contribution >= 0.6 is 0 Å². The van der Waals surface area contributed by atoms with Crippen molar-refractivity contribution in [3.63, 3.8) is 0 Å². The van der Waals surface area contributed by atoms with E-state index < -0.39 is 34.9 Å². The Labute approximate surface area is 144 Å². The summed E-state index contributed by atoms with van der Waals surface area (Å²) in [6.07, 6.45) is 2.35. The van der Waals surface area contributed by atoms with E-state index in [2.05, 4.69) is 16.0 Å². The molecule has 8 nitrogen and oxygen atoms in total. The van der Waals surface area contributed by atoms with Gasteiger partial charge >= 0.3 is 12.0 Å². The molecule has 25 heavy (non-hydrogen) atoms. The molecule has 0 radical (unpaired) electrons. The normalized spacial score (nSPS) is 24.5. The van der Waals surface area contributed by atoms with Crippen LogP contribution in [0.25, 0.3) is 0 Å². The summed E-state index contributed by atoms with van der Waals surface area (Å²) in [5.74, 6) is -1.96. The predicted octanol–water partition coefficient (Wildman–Crippen LogP) is 0.868. The molecule has 2 aliphatic rings. The van der Waals surface area contributed by atoms with E-state index in [1.54, 1.807) is 19.1 Å². The summed E-state index contributed by atoms with van der Waals surface area (Å²) < 4.78 is 0. The molecule has 1 saturated carbocycles. The number of aliphatic carboxylic acids is 1. The van der Waals surface area contributed by atoms with Crippen molar-refractivity contribution >= 4 is 23.8 Å². The maximum Gasteiger partial charge on any atom is 0.329 e. The van der Waals surface area contributed by atoms with Gasteiger partial charge in [0.05, 0.1) is 0 Å². The van der Waals surface area contributed by atoms with E-state index in [0.717, 1.165) is 12.8 Å².